The minimum absolute atomic E-state index is 0.333. The molecule has 0 aliphatic carbocycles. The number of halogens is 1. The van der Waals surface area contributed by atoms with E-state index in [9.17, 15) is 0 Å². The number of piperidine rings is 1. The van der Waals surface area contributed by atoms with E-state index in [1.807, 2.05) is 0 Å². The lowest BCUT2D eigenvalue weighted by molar-refractivity contribution is 0.0826. The van der Waals surface area contributed by atoms with E-state index in [2.05, 4.69) is 25.7 Å². The average molecular weight is 262 g/mol. The number of alkyl halides is 1. The Morgan fingerprint density at radius 3 is 2.35 bits per heavy atom. The van der Waals surface area contributed by atoms with Crippen LogP contribution in [0.1, 0.15) is 40.0 Å². The molecule has 1 atom stereocenters. The third-order valence-electron chi connectivity index (χ3n) is 3.67. The zero-order valence-corrected chi connectivity index (χ0v) is 12.4. The third-order valence-corrected chi connectivity index (χ3v) is 4.03. The van der Waals surface area contributed by atoms with Crippen molar-refractivity contribution in [3.63, 3.8) is 0 Å². The normalized spacial score (nSPS) is 21.0. The van der Waals surface area contributed by atoms with Crippen molar-refractivity contribution in [2.45, 2.75) is 45.4 Å². The largest absolute Gasteiger partial charge is 0.380 e. The zero-order chi connectivity index (χ0) is 12.7. The minimum atomic E-state index is 0.333. The zero-order valence-electron chi connectivity index (χ0n) is 11.6. The van der Waals surface area contributed by atoms with E-state index in [0.29, 0.717) is 5.38 Å². The maximum absolute atomic E-state index is 6.14. The van der Waals surface area contributed by atoms with Crippen molar-refractivity contribution in [2.24, 2.45) is 11.8 Å². The number of hydrogen-bond acceptors (Lipinski definition) is 2. The molecule has 0 aromatic rings. The van der Waals surface area contributed by atoms with Crippen molar-refractivity contribution < 1.29 is 4.74 Å². The Morgan fingerprint density at radius 2 is 1.82 bits per heavy atom. The van der Waals surface area contributed by atoms with Gasteiger partial charge in [-0.05, 0) is 51.1 Å². The van der Waals surface area contributed by atoms with Gasteiger partial charge in [0.1, 0.15) is 0 Å². The molecule has 0 saturated carbocycles. The van der Waals surface area contributed by atoms with Crippen LogP contribution in [0.5, 0.6) is 0 Å². The van der Waals surface area contributed by atoms with Crippen LogP contribution < -0.4 is 0 Å². The van der Waals surface area contributed by atoms with Gasteiger partial charge in [-0.25, -0.2) is 0 Å². The van der Waals surface area contributed by atoms with E-state index in [1.165, 1.54) is 32.4 Å². The van der Waals surface area contributed by atoms with E-state index in [0.717, 1.165) is 31.6 Å². The summed E-state index contributed by atoms with van der Waals surface area (Å²) < 4.78 is 5.65. The fraction of sp³-hybridized carbons (Fsp3) is 1.00. The molecule has 1 rings (SSSR count). The summed E-state index contributed by atoms with van der Waals surface area (Å²) in [6.45, 7) is 11.9. The summed E-state index contributed by atoms with van der Waals surface area (Å²) in [5.41, 5.74) is 0. The highest BCUT2D eigenvalue weighted by atomic mass is 35.5. The van der Waals surface area contributed by atoms with Gasteiger partial charge in [0.25, 0.3) is 0 Å². The molecule has 3 heteroatoms. The van der Waals surface area contributed by atoms with Gasteiger partial charge in [-0.15, -0.1) is 11.6 Å². The van der Waals surface area contributed by atoms with Crippen molar-refractivity contribution in [2.75, 3.05) is 32.8 Å². The maximum Gasteiger partial charge on any atom is 0.0593 e. The van der Waals surface area contributed by atoms with Gasteiger partial charge in [0, 0.05) is 18.5 Å². The van der Waals surface area contributed by atoms with Gasteiger partial charge in [0.05, 0.1) is 6.61 Å². The summed E-state index contributed by atoms with van der Waals surface area (Å²) >= 11 is 6.14. The summed E-state index contributed by atoms with van der Waals surface area (Å²) in [6, 6.07) is 0. The van der Waals surface area contributed by atoms with Gasteiger partial charge in [0.2, 0.25) is 0 Å². The Labute approximate surface area is 112 Å². The first-order valence-corrected chi connectivity index (χ1v) is 7.47. The van der Waals surface area contributed by atoms with E-state index in [4.69, 9.17) is 16.3 Å². The molecule has 0 amide bonds. The molecule has 0 spiro atoms. The molecule has 2 nitrogen and oxygen atoms in total. The Balaban J connectivity index is 1.99. The maximum atomic E-state index is 6.14. The van der Waals surface area contributed by atoms with Gasteiger partial charge in [-0.2, -0.15) is 0 Å². The number of rotatable bonds is 7. The van der Waals surface area contributed by atoms with Crippen LogP contribution in [0.2, 0.25) is 0 Å². The highest BCUT2D eigenvalue weighted by molar-refractivity contribution is 6.20. The van der Waals surface area contributed by atoms with E-state index in [-0.39, 0.29) is 0 Å². The molecular formula is C14H28ClNO. The monoisotopic (exact) mass is 261 g/mol. The average Bonchev–Trinajstić information content (AvgIpc) is 2.29. The molecule has 0 N–H and O–H groups in total. The molecule has 0 bridgehead atoms. The summed E-state index contributed by atoms with van der Waals surface area (Å²) in [5.74, 6) is 1.46. The molecule has 1 aliphatic rings. The molecule has 0 aromatic heterocycles. The molecule has 17 heavy (non-hydrogen) atoms. The van der Waals surface area contributed by atoms with Crippen molar-refractivity contribution in [1.29, 1.82) is 0 Å². The smallest absolute Gasteiger partial charge is 0.0593 e. The topological polar surface area (TPSA) is 12.5 Å². The second kappa shape index (κ2) is 8.34. The second-order valence-electron chi connectivity index (χ2n) is 5.65. The van der Waals surface area contributed by atoms with Crippen LogP contribution in [0.4, 0.5) is 0 Å². The molecular weight excluding hydrogens is 234 g/mol. The fourth-order valence-corrected chi connectivity index (χ4v) is 2.50. The predicted octanol–water partition coefficient (Wildman–Crippen LogP) is 3.39. The van der Waals surface area contributed by atoms with Gasteiger partial charge >= 0.3 is 0 Å². The molecule has 1 fully saturated rings. The number of hydrogen-bond donors (Lipinski definition) is 0. The SMILES string of the molecule is CC(C)CCOCCN1CCC(C(C)Cl)CC1. The van der Waals surface area contributed by atoms with Crippen LogP contribution in [-0.2, 0) is 4.74 Å². The predicted molar refractivity (Wildman–Crippen MR) is 74.8 cm³/mol. The molecule has 1 aliphatic heterocycles. The number of ether oxygens (including phenoxy) is 1. The van der Waals surface area contributed by atoms with Gasteiger partial charge in [-0.1, -0.05) is 13.8 Å². The first-order chi connectivity index (χ1) is 8.09. The van der Waals surface area contributed by atoms with E-state index >= 15 is 0 Å². The van der Waals surface area contributed by atoms with Crippen LogP contribution in [0.15, 0.2) is 0 Å². The minimum Gasteiger partial charge on any atom is -0.380 e. The van der Waals surface area contributed by atoms with Crippen molar-refractivity contribution in [3.05, 3.63) is 0 Å². The van der Waals surface area contributed by atoms with Crippen LogP contribution in [0, 0.1) is 11.8 Å². The summed E-state index contributed by atoms with van der Waals surface area (Å²) in [7, 11) is 0. The van der Waals surface area contributed by atoms with E-state index in [1.54, 1.807) is 0 Å². The second-order valence-corrected chi connectivity index (χ2v) is 6.34. The molecule has 1 saturated heterocycles. The standard InChI is InChI=1S/C14H28ClNO/c1-12(2)6-10-17-11-9-16-7-4-14(5-8-16)13(3)15/h12-14H,4-11H2,1-3H3. The van der Waals surface area contributed by atoms with Gasteiger partial charge in [0.15, 0.2) is 0 Å². The Morgan fingerprint density at radius 1 is 1.18 bits per heavy atom. The molecule has 0 radical (unpaired) electrons. The number of nitrogens with zero attached hydrogens (tertiary/aromatic N) is 1. The lowest BCUT2D eigenvalue weighted by atomic mass is 9.94. The first kappa shape index (κ1) is 15.3. The van der Waals surface area contributed by atoms with Gasteiger partial charge in [-0.3, -0.25) is 0 Å². The Bertz CT molecular complexity index is 189. The van der Waals surface area contributed by atoms with Crippen molar-refractivity contribution in [3.8, 4) is 0 Å². The molecule has 1 heterocycles. The quantitative estimate of drug-likeness (QED) is 0.515. The molecule has 0 aromatic carbocycles. The van der Waals surface area contributed by atoms with Gasteiger partial charge < -0.3 is 9.64 Å². The number of likely N-dealkylation sites (tertiary alicyclic amines) is 1. The first-order valence-electron chi connectivity index (χ1n) is 7.03. The lowest BCUT2D eigenvalue weighted by Gasteiger charge is -2.32. The highest BCUT2D eigenvalue weighted by Crippen LogP contribution is 2.23. The fourth-order valence-electron chi connectivity index (χ4n) is 2.25. The van der Waals surface area contributed by atoms with Crippen LogP contribution in [0.3, 0.4) is 0 Å². The van der Waals surface area contributed by atoms with Crippen LogP contribution >= 0.6 is 11.6 Å². The highest BCUT2D eigenvalue weighted by Gasteiger charge is 2.22. The molecule has 102 valence electrons. The van der Waals surface area contributed by atoms with E-state index < -0.39 is 0 Å². The molecule has 1 unspecified atom stereocenters. The van der Waals surface area contributed by atoms with Crippen molar-refractivity contribution >= 4 is 11.6 Å². The van der Waals surface area contributed by atoms with Crippen LogP contribution in [0.25, 0.3) is 0 Å². The Kier molecular flexibility index (Phi) is 7.49. The third kappa shape index (κ3) is 6.64. The Hall–Kier alpha value is 0.210. The summed E-state index contributed by atoms with van der Waals surface area (Å²) in [6.07, 6.45) is 3.67. The van der Waals surface area contributed by atoms with Crippen LogP contribution in [-0.4, -0.2) is 43.1 Å². The summed E-state index contributed by atoms with van der Waals surface area (Å²) in [4.78, 5) is 2.51. The lowest BCUT2D eigenvalue weighted by Crippen LogP contribution is -2.37. The summed E-state index contributed by atoms with van der Waals surface area (Å²) in [5, 5.41) is 0.333. The van der Waals surface area contributed by atoms with Crippen molar-refractivity contribution in [1.82, 2.24) is 4.90 Å².